The molecular formula is C12H6F3NS2. The summed E-state index contributed by atoms with van der Waals surface area (Å²) in [6.07, 6.45) is -4.50. The van der Waals surface area contributed by atoms with Crippen LogP contribution >= 0.6 is 23.1 Å². The van der Waals surface area contributed by atoms with Gasteiger partial charge in [0.05, 0.1) is 21.4 Å². The van der Waals surface area contributed by atoms with Crippen LogP contribution < -0.4 is 0 Å². The first kappa shape index (κ1) is 13.0. The van der Waals surface area contributed by atoms with Gasteiger partial charge in [0.2, 0.25) is 0 Å². The number of halogens is 3. The van der Waals surface area contributed by atoms with Crippen molar-refractivity contribution in [3.05, 3.63) is 46.8 Å². The first-order valence-corrected chi connectivity index (χ1v) is 6.53. The van der Waals surface area contributed by atoms with Crippen molar-refractivity contribution in [3.8, 4) is 6.07 Å². The second kappa shape index (κ2) is 5.04. The fourth-order valence-electron chi connectivity index (χ4n) is 1.36. The maximum Gasteiger partial charge on any atom is 0.417 e. The summed E-state index contributed by atoms with van der Waals surface area (Å²) >= 11 is 2.71. The molecule has 1 aromatic carbocycles. The summed E-state index contributed by atoms with van der Waals surface area (Å²) in [6, 6.07) is 8.98. The van der Waals surface area contributed by atoms with E-state index in [2.05, 4.69) is 0 Å². The van der Waals surface area contributed by atoms with E-state index < -0.39 is 11.7 Å². The minimum absolute atomic E-state index is 0.349. The van der Waals surface area contributed by atoms with Gasteiger partial charge in [0.1, 0.15) is 0 Å². The quantitative estimate of drug-likeness (QED) is 0.792. The number of alkyl halides is 3. The molecule has 0 aliphatic carbocycles. The highest BCUT2D eigenvalue weighted by molar-refractivity contribution is 8.01. The third kappa shape index (κ3) is 2.86. The fraction of sp³-hybridized carbons (Fsp3) is 0.0833. The predicted octanol–water partition coefficient (Wildman–Crippen LogP) is 4.79. The summed E-state index contributed by atoms with van der Waals surface area (Å²) in [5.41, 5.74) is -1.23. The van der Waals surface area contributed by atoms with Crippen LogP contribution in [0.3, 0.4) is 0 Å². The van der Waals surface area contributed by atoms with Crippen LogP contribution in [0.4, 0.5) is 13.2 Å². The molecule has 2 rings (SSSR count). The molecule has 0 fully saturated rings. The zero-order chi connectivity index (χ0) is 13.2. The molecule has 18 heavy (non-hydrogen) atoms. The zero-order valence-electron chi connectivity index (χ0n) is 8.86. The van der Waals surface area contributed by atoms with Crippen LogP contribution in [0.25, 0.3) is 0 Å². The number of nitrogens with zero attached hydrogens (tertiary/aromatic N) is 1. The minimum atomic E-state index is -4.50. The number of nitriles is 1. The molecule has 0 radical (unpaired) electrons. The molecule has 1 aromatic heterocycles. The number of hydrogen-bond acceptors (Lipinski definition) is 3. The van der Waals surface area contributed by atoms with E-state index in [1.54, 1.807) is 6.07 Å². The van der Waals surface area contributed by atoms with Gasteiger partial charge >= 0.3 is 6.18 Å². The largest absolute Gasteiger partial charge is 0.417 e. The molecule has 1 heterocycles. The topological polar surface area (TPSA) is 23.8 Å². The SMILES string of the molecule is N#Cc1ccc(Sc2cccs2)cc1C(F)(F)F. The third-order valence-corrected chi connectivity index (χ3v) is 4.16. The van der Waals surface area contributed by atoms with Crippen LogP contribution in [0, 0.1) is 11.3 Å². The van der Waals surface area contributed by atoms with Gasteiger partial charge in [0.15, 0.2) is 0 Å². The normalized spacial score (nSPS) is 11.2. The van der Waals surface area contributed by atoms with E-state index in [1.165, 1.54) is 35.2 Å². The van der Waals surface area contributed by atoms with Crippen LogP contribution in [0.1, 0.15) is 11.1 Å². The molecule has 1 nitrogen and oxygen atoms in total. The van der Waals surface area contributed by atoms with Crippen molar-refractivity contribution in [2.24, 2.45) is 0 Å². The number of hydrogen-bond donors (Lipinski definition) is 0. The van der Waals surface area contributed by atoms with Crippen LogP contribution in [0.5, 0.6) is 0 Å². The molecule has 0 unspecified atom stereocenters. The Morgan fingerprint density at radius 1 is 1.22 bits per heavy atom. The van der Waals surface area contributed by atoms with Gasteiger partial charge in [-0.2, -0.15) is 18.4 Å². The molecule has 0 atom stereocenters. The molecule has 0 saturated carbocycles. The molecule has 0 aliphatic heterocycles. The van der Waals surface area contributed by atoms with Gasteiger partial charge in [-0.15, -0.1) is 11.3 Å². The average Bonchev–Trinajstić information content (AvgIpc) is 2.80. The van der Waals surface area contributed by atoms with Crippen LogP contribution in [0.2, 0.25) is 0 Å². The summed E-state index contributed by atoms with van der Waals surface area (Å²) in [5.74, 6) is 0. The molecule has 0 amide bonds. The molecule has 0 saturated heterocycles. The third-order valence-electron chi connectivity index (χ3n) is 2.13. The molecule has 0 bridgehead atoms. The molecule has 0 N–H and O–H groups in total. The van der Waals surface area contributed by atoms with Crippen LogP contribution in [-0.2, 0) is 6.18 Å². The summed E-state index contributed by atoms with van der Waals surface area (Å²) in [7, 11) is 0. The van der Waals surface area contributed by atoms with Crippen LogP contribution in [-0.4, -0.2) is 0 Å². The van der Waals surface area contributed by atoms with E-state index in [9.17, 15) is 13.2 Å². The number of benzene rings is 1. The maximum absolute atomic E-state index is 12.7. The van der Waals surface area contributed by atoms with Gasteiger partial charge < -0.3 is 0 Å². The van der Waals surface area contributed by atoms with Crippen molar-refractivity contribution in [1.82, 2.24) is 0 Å². The molecular weight excluding hydrogens is 279 g/mol. The van der Waals surface area contributed by atoms with Crippen molar-refractivity contribution >= 4 is 23.1 Å². The Bertz CT molecular complexity index is 582. The van der Waals surface area contributed by atoms with Crippen molar-refractivity contribution < 1.29 is 13.2 Å². The monoisotopic (exact) mass is 285 g/mol. The molecule has 92 valence electrons. The van der Waals surface area contributed by atoms with Crippen LogP contribution in [0.15, 0.2) is 44.8 Å². The second-order valence-corrected chi connectivity index (χ2v) is 5.67. The van der Waals surface area contributed by atoms with Gasteiger partial charge in [-0.3, -0.25) is 0 Å². The van der Waals surface area contributed by atoms with Gasteiger partial charge in [0, 0.05) is 4.90 Å². The van der Waals surface area contributed by atoms with E-state index >= 15 is 0 Å². The predicted molar refractivity (Wildman–Crippen MR) is 64.6 cm³/mol. The second-order valence-electron chi connectivity index (χ2n) is 3.35. The van der Waals surface area contributed by atoms with E-state index in [-0.39, 0.29) is 5.56 Å². The Morgan fingerprint density at radius 2 is 2.00 bits per heavy atom. The lowest BCUT2D eigenvalue weighted by Gasteiger charge is -2.10. The lowest BCUT2D eigenvalue weighted by molar-refractivity contribution is -0.137. The fourth-order valence-corrected chi connectivity index (χ4v) is 3.14. The van der Waals surface area contributed by atoms with Gasteiger partial charge in [0.25, 0.3) is 0 Å². The number of rotatable bonds is 2. The Kier molecular flexibility index (Phi) is 3.64. The first-order chi connectivity index (χ1) is 8.50. The maximum atomic E-state index is 12.7. The van der Waals surface area contributed by atoms with Crippen molar-refractivity contribution in [2.45, 2.75) is 15.3 Å². The summed E-state index contributed by atoms with van der Waals surface area (Å²) in [6.45, 7) is 0. The van der Waals surface area contributed by atoms with Gasteiger partial charge in [-0.1, -0.05) is 17.8 Å². The molecule has 0 spiro atoms. The summed E-state index contributed by atoms with van der Waals surface area (Å²) in [4.78, 5) is 0.476. The Hall–Kier alpha value is -1.45. The standard InChI is InChI=1S/C12H6F3NS2/c13-12(14,15)10-6-9(4-3-8(10)7-16)18-11-2-1-5-17-11/h1-6H. The lowest BCUT2D eigenvalue weighted by Crippen LogP contribution is -2.07. The minimum Gasteiger partial charge on any atom is -0.192 e. The van der Waals surface area contributed by atoms with E-state index in [4.69, 9.17) is 5.26 Å². The summed E-state index contributed by atoms with van der Waals surface area (Å²) in [5, 5.41) is 10.5. The number of thiophene rings is 1. The van der Waals surface area contributed by atoms with Gasteiger partial charge in [-0.05, 0) is 29.6 Å². The summed E-state index contributed by atoms with van der Waals surface area (Å²) < 4.78 is 39.1. The molecule has 6 heteroatoms. The highest BCUT2D eigenvalue weighted by Gasteiger charge is 2.33. The Labute approximate surface area is 110 Å². The average molecular weight is 285 g/mol. The van der Waals surface area contributed by atoms with Crippen molar-refractivity contribution in [2.75, 3.05) is 0 Å². The molecule has 0 aliphatic rings. The van der Waals surface area contributed by atoms with Gasteiger partial charge in [-0.25, -0.2) is 0 Å². The van der Waals surface area contributed by atoms with Crippen molar-refractivity contribution in [1.29, 1.82) is 5.26 Å². The smallest absolute Gasteiger partial charge is 0.192 e. The van der Waals surface area contributed by atoms with Crippen molar-refractivity contribution in [3.63, 3.8) is 0 Å². The van der Waals surface area contributed by atoms with E-state index in [1.807, 2.05) is 17.5 Å². The zero-order valence-corrected chi connectivity index (χ0v) is 10.5. The van der Waals surface area contributed by atoms with E-state index in [0.29, 0.717) is 4.90 Å². The first-order valence-electron chi connectivity index (χ1n) is 4.83. The Balaban J connectivity index is 2.38. The highest BCUT2D eigenvalue weighted by Crippen LogP contribution is 2.37. The lowest BCUT2D eigenvalue weighted by atomic mass is 10.1. The molecule has 2 aromatic rings. The van der Waals surface area contributed by atoms with E-state index in [0.717, 1.165) is 10.3 Å². The highest BCUT2D eigenvalue weighted by atomic mass is 32.2. The Morgan fingerprint density at radius 3 is 2.56 bits per heavy atom.